The zero-order chi connectivity index (χ0) is 14.7. The van der Waals surface area contributed by atoms with Gasteiger partial charge in [-0.25, -0.2) is 4.39 Å². The Morgan fingerprint density at radius 2 is 1.95 bits per heavy atom. The maximum absolute atomic E-state index is 14.0. The van der Waals surface area contributed by atoms with Gasteiger partial charge in [-0.3, -0.25) is 0 Å². The summed E-state index contributed by atoms with van der Waals surface area (Å²) in [6.45, 7) is 1.88. The zero-order valence-corrected chi connectivity index (χ0v) is 13.2. The Bertz CT molecular complexity index is 619. The lowest BCUT2D eigenvalue weighted by molar-refractivity contribution is 0.441. The van der Waals surface area contributed by atoms with Gasteiger partial charge in [-0.1, -0.05) is 33.6 Å². The molecule has 0 bridgehead atoms. The average molecular weight is 359 g/mol. The van der Waals surface area contributed by atoms with Crippen LogP contribution in [0.4, 0.5) is 4.39 Å². The molecule has 0 aromatic heterocycles. The van der Waals surface area contributed by atoms with E-state index in [0.717, 1.165) is 10.0 Å². The van der Waals surface area contributed by atoms with Crippen LogP contribution >= 0.6 is 27.5 Å². The minimum atomic E-state index is -0.429. The highest BCUT2D eigenvalue weighted by Gasteiger charge is 2.09. The van der Waals surface area contributed by atoms with Crippen LogP contribution in [0.25, 0.3) is 0 Å². The molecule has 0 saturated heterocycles. The lowest BCUT2D eigenvalue weighted by atomic mass is 10.1. The first-order chi connectivity index (χ1) is 9.45. The van der Waals surface area contributed by atoms with E-state index in [0.29, 0.717) is 17.2 Å². The molecule has 106 valence electrons. The van der Waals surface area contributed by atoms with Crippen molar-refractivity contribution in [1.29, 1.82) is 0 Å². The van der Waals surface area contributed by atoms with E-state index in [-0.39, 0.29) is 11.8 Å². The molecule has 0 amide bonds. The van der Waals surface area contributed by atoms with E-state index in [2.05, 4.69) is 15.9 Å². The summed E-state index contributed by atoms with van der Waals surface area (Å²) < 4.78 is 20.3. The molecule has 2 N–H and O–H groups in total. The van der Waals surface area contributed by atoms with E-state index in [1.54, 1.807) is 30.3 Å². The first-order valence-corrected chi connectivity index (χ1v) is 7.29. The summed E-state index contributed by atoms with van der Waals surface area (Å²) in [5, 5.41) is 0.415. The summed E-state index contributed by atoms with van der Waals surface area (Å²) in [5.41, 5.74) is 6.53. The minimum absolute atomic E-state index is 0.0120. The second-order valence-corrected chi connectivity index (χ2v) is 5.95. The van der Waals surface area contributed by atoms with Gasteiger partial charge < -0.3 is 10.5 Å². The molecule has 0 aliphatic carbocycles. The molecule has 0 aliphatic heterocycles. The van der Waals surface area contributed by atoms with Crippen molar-refractivity contribution in [3.63, 3.8) is 0 Å². The second-order valence-electron chi connectivity index (χ2n) is 4.62. The highest BCUT2D eigenvalue weighted by molar-refractivity contribution is 9.10. The van der Waals surface area contributed by atoms with Crippen LogP contribution in [0.5, 0.6) is 11.5 Å². The van der Waals surface area contributed by atoms with E-state index in [1.807, 2.05) is 6.92 Å². The number of benzene rings is 2. The fourth-order valence-corrected chi connectivity index (χ4v) is 2.51. The standard InChI is InChI=1S/C15H14BrClFNO/c1-9(19)6-10-2-4-15(13(18)7-10)20-14-5-3-11(16)8-12(14)17/h2-5,7-9H,6,19H2,1H3. The molecule has 1 atom stereocenters. The van der Waals surface area contributed by atoms with E-state index in [1.165, 1.54) is 6.07 Å². The normalized spacial score (nSPS) is 12.2. The molecule has 1 unspecified atom stereocenters. The lowest BCUT2D eigenvalue weighted by Gasteiger charge is -2.11. The summed E-state index contributed by atoms with van der Waals surface area (Å²) in [4.78, 5) is 0. The van der Waals surface area contributed by atoms with E-state index < -0.39 is 5.82 Å². The van der Waals surface area contributed by atoms with Gasteiger partial charge in [0.15, 0.2) is 11.6 Å². The van der Waals surface area contributed by atoms with E-state index in [9.17, 15) is 4.39 Å². The summed E-state index contributed by atoms with van der Waals surface area (Å²) in [6.07, 6.45) is 0.621. The number of ether oxygens (including phenoxy) is 1. The third-order valence-electron chi connectivity index (χ3n) is 2.67. The van der Waals surface area contributed by atoms with Gasteiger partial charge in [0, 0.05) is 10.5 Å². The topological polar surface area (TPSA) is 35.2 Å². The average Bonchev–Trinajstić information content (AvgIpc) is 2.34. The van der Waals surface area contributed by atoms with Gasteiger partial charge in [0.1, 0.15) is 5.75 Å². The van der Waals surface area contributed by atoms with Crippen molar-refractivity contribution in [2.75, 3.05) is 0 Å². The predicted molar refractivity (Wildman–Crippen MR) is 83.0 cm³/mol. The molecule has 0 spiro atoms. The Balaban J connectivity index is 2.21. The number of hydrogen-bond donors (Lipinski definition) is 1. The Morgan fingerprint density at radius 3 is 2.55 bits per heavy atom. The van der Waals surface area contributed by atoms with Gasteiger partial charge in [-0.2, -0.15) is 0 Å². The molecular weight excluding hydrogens is 345 g/mol. The van der Waals surface area contributed by atoms with Gasteiger partial charge in [0.05, 0.1) is 5.02 Å². The van der Waals surface area contributed by atoms with Crippen molar-refractivity contribution in [3.8, 4) is 11.5 Å². The van der Waals surface area contributed by atoms with Crippen LogP contribution in [0, 0.1) is 5.82 Å². The summed E-state index contributed by atoms with van der Waals surface area (Å²) in [7, 11) is 0. The van der Waals surface area contributed by atoms with Crippen LogP contribution in [0.3, 0.4) is 0 Å². The first-order valence-electron chi connectivity index (χ1n) is 6.12. The first kappa shape index (κ1) is 15.3. The SMILES string of the molecule is CC(N)Cc1ccc(Oc2ccc(Br)cc2Cl)c(F)c1. The largest absolute Gasteiger partial charge is 0.453 e. The smallest absolute Gasteiger partial charge is 0.165 e. The molecule has 2 aromatic rings. The molecule has 0 radical (unpaired) electrons. The Kier molecular flexibility index (Phi) is 5.02. The van der Waals surface area contributed by atoms with Crippen LogP contribution in [0.15, 0.2) is 40.9 Å². The van der Waals surface area contributed by atoms with Crippen LogP contribution in [0.1, 0.15) is 12.5 Å². The Labute approximate surface area is 130 Å². The molecular formula is C15H14BrClFNO. The maximum Gasteiger partial charge on any atom is 0.165 e. The number of halogens is 3. The molecule has 0 aliphatic rings. The molecule has 2 rings (SSSR count). The molecule has 5 heteroatoms. The fraction of sp³-hybridized carbons (Fsp3) is 0.200. The monoisotopic (exact) mass is 357 g/mol. The summed E-state index contributed by atoms with van der Waals surface area (Å²) >= 11 is 9.34. The summed E-state index contributed by atoms with van der Waals surface area (Å²) in [6, 6.07) is 9.97. The van der Waals surface area contributed by atoms with Crippen molar-refractivity contribution in [2.24, 2.45) is 5.73 Å². The van der Waals surface area contributed by atoms with Crippen molar-refractivity contribution < 1.29 is 9.13 Å². The van der Waals surface area contributed by atoms with Crippen LogP contribution in [-0.2, 0) is 6.42 Å². The van der Waals surface area contributed by atoms with Gasteiger partial charge in [-0.05, 0) is 49.2 Å². The lowest BCUT2D eigenvalue weighted by Crippen LogP contribution is -2.17. The van der Waals surface area contributed by atoms with Gasteiger partial charge >= 0.3 is 0 Å². The molecule has 2 nitrogen and oxygen atoms in total. The van der Waals surface area contributed by atoms with Crippen LogP contribution < -0.4 is 10.5 Å². The van der Waals surface area contributed by atoms with Gasteiger partial charge in [-0.15, -0.1) is 0 Å². The molecule has 0 saturated carbocycles. The summed E-state index contributed by atoms with van der Waals surface area (Å²) in [5.74, 6) is 0.124. The number of hydrogen-bond acceptors (Lipinski definition) is 2. The zero-order valence-electron chi connectivity index (χ0n) is 10.9. The third kappa shape index (κ3) is 3.95. The highest BCUT2D eigenvalue weighted by atomic mass is 79.9. The van der Waals surface area contributed by atoms with Crippen LogP contribution in [-0.4, -0.2) is 6.04 Å². The van der Waals surface area contributed by atoms with Crippen molar-refractivity contribution in [3.05, 3.63) is 57.3 Å². The van der Waals surface area contributed by atoms with Crippen molar-refractivity contribution in [1.82, 2.24) is 0 Å². The van der Waals surface area contributed by atoms with Crippen molar-refractivity contribution in [2.45, 2.75) is 19.4 Å². The van der Waals surface area contributed by atoms with E-state index in [4.69, 9.17) is 22.1 Å². The number of nitrogens with two attached hydrogens (primary N) is 1. The highest BCUT2D eigenvalue weighted by Crippen LogP contribution is 2.33. The maximum atomic E-state index is 14.0. The van der Waals surface area contributed by atoms with Crippen molar-refractivity contribution >= 4 is 27.5 Å². The Morgan fingerprint density at radius 1 is 1.25 bits per heavy atom. The fourth-order valence-electron chi connectivity index (χ4n) is 1.80. The second kappa shape index (κ2) is 6.57. The number of rotatable bonds is 4. The van der Waals surface area contributed by atoms with Gasteiger partial charge in [0.2, 0.25) is 0 Å². The molecule has 0 heterocycles. The molecule has 0 fully saturated rings. The molecule has 20 heavy (non-hydrogen) atoms. The predicted octanol–water partition coefficient (Wildman–Crippen LogP) is 4.92. The van der Waals surface area contributed by atoms with Gasteiger partial charge in [0.25, 0.3) is 0 Å². The molecule has 2 aromatic carbocycles. The minimum Gasteiger partial charge on any atom is -0.453 e. The Hall–Kier alpha value is -1.10. The quantitative estimate of drug-likeness (QED) is 0.841. The third-order valence-corrected chi connectivity index (χ3v) is 3.46. The van der Waals surface area contributed by atoms with Crippen LogP contribution in [0.2, 0.25) is 5.02 Å². The van der Waals surface area contributed by atoms with E-state index >= 15 is 0 Å².